The highest BCUT2D eigenvalue weighted by molar-refractivity contribution is 5.98. The lowest BCUT2D eigenvalue weighted by molar-refractivity contribution is -0.143. The fraction of sp³-hybridized carbons (Fsp3) is 0.261. The van der Waals surface area contributed by atoms with Crippen molar-refractivity contribution in [2.24, 2.45) is 22.2 Å². The van der Waals surface area contributed by atoms with Crippen LogP contribution in [0.25, 0.3) is 0 Å². The molecule has 0 fully saturated rings. The zero-order valence-electron chi connectivity index (χ0n) is 19.4. The molecule has 0 aliphatic heterocycles. The molecule has 0 radical (unpaired) electrons. The van der Waals surface area contributed by atoms with Crippen molar-refractivity contribution in [3.05, 3.63) is 54.1 Å². The predicted octanol–water partition coefficient (Wildman–Crippen LogP) is -0.353. The Labute approximate surface area is 207 Å². The zero-order valence-corrected chi connectivity index (χ0v) is 19.4. The van der Waals surface area contributed by atoms with E-state index in [1.807, 2.05) is 0 Å². The maximum Gasteiger partial charge on any atom is 0.326 e. The summed E-state index contributed by atoms with van der Waals surface area (Å²) < 4.78 is 5.47. The monoisotopic (exact) mass is 499 g/mol. The fourth-order valence-corrected chi connectivity index (χ4v) is 2.88. The molecule has 10 N–H and O–H groups in total. The van der Waals surface area contributed by atoms with Crippen molar-refractivity contribution in [3.63, 3.8) is 0 Å². The number of aliphatic imine (C=N–C) groups is 1. The number of hydrogen-bond donors (Lipinski definition) is 7. The van der Waals surface area contributed by atoms with E-state index in [1.165, 1.54) is 12.1 Å². The van der Waals surface area contributed by atoms with Crippen molar-refractivity contribution in [2.45, 2.75) is 18.9 Å². The average Bonchev–Trinajstić information content (AvgIpc) is 2.83. The van der Waals surface area contributed by atoms with Crippen LogP contribution >= 0.6 is 0 Å². The Morgan fingerprint density at radius 1 is 1.03 bits per heavy atom. The number of rotatable bonds is 13. The molecule has 0 unspecified atom stereocenters. The number of hydrogen-bond acceptors (Lipinski definition) is 7. The second-order valence-electron chi connectivity index (χ2n) is 7.50. The van der Waals surface area contributed by atoms with Gasteiger partial charge in [-0.15, -0.1) is 0 Å². The van der Waals surface area contributed by atoms with E-state index in [-0.39, 0.29) is 11.5 Å². The molecule has 3 amide bonds. The number of guanidine groups is 1. The average molecular weight is 500 g/mol. The Kier molecular flexibility index (Phi) is 10.7. The largest absolute Gasteiger partial charge is 0.494 e. The minimum atomic E-state index is -1.50. The van der Waals surface area contributed by atoms with Gasteiger partial charge in [-0.25, -0.2) is 9.79 Å². The summed E-state index contributed by atoms with van der Waals surface area (Å²) in [6.07, 6.45) is 0.182. The molecule has 0 bridgehead atoms. The van der Waals surface area contributed by atoms with Crippen LogP contribution in [0.3, 0.4) is 0 Å². The van der Waals surface area contributed by atoms with Crippen LogP contribution in [0.5, 0.6) is 5.75 Å². The third-order valence-electron chi connectivity index (χ3n) is 4.55. The standard InChI is InChI=1S/C23H29N7O6/c24-9-2-10-36-17-7-5-15(6-8-17)28-19(31)12-18(22(34)35)30-20(32)13-27-21(33)14-3-1-4-16(11-14)29-23(25)26/h1,3-8,11,18H,2,9-10,12-13,24H2,(H,27,33)(H,28,31)(H,30,32)(H,34,35)(H4,25,26,29)/t18-/m0/s1. The summed E-state index contributed by atoms with van der Waals surface area (Å²) in [6.45, 7) is 0.464. The zero-order chi connectivity index (χ0) is 26.5. The molecule has 192 valence electrons. The second kappa shape index (κ2) is 13.9. The van der Waals surface area contributed by atoms with Crippen molar-refractivity contribution in [2.75, 3.05) is 25.0 Å². The Bertz CT molecular complexity index is 1100. The first kappa shape index (κ1) is 27.6. The van der Waals surface area contributed by atoms with Gasteiger partial charge in [0.25, 0.3) is 5.91 Å². The molecule has 0 heterocycles. The second-order valence-corrected chi connectivity index (χ2v) is 7.50. The molecule has 36 heavy (non-hydrogen) atoms. The molecule has 0 saturated heterocycles. The van der Waals surface area contributed by atoms with Crippen molar-refractivity contribution < 1.29 is 29.0 Å². The molecule has 1 atom stereocenters. The number of ether oxygens (including phenoxy) is 1. The summed E-state index contributed by atoms with van der Waals surface area (Å²) >= 11 is 0. The lowest BCUT2D eigenvalue weighted by Gasteiger charge is -2.15. The number of carboxylic acids is 1. The maximum atomic E-state index is 12.3. The number of aliphatic carboxylic acids is 1. The first-order valence-electron chi connectivity index (χ1n) is 10.9. The molecule has 0 saturated carbocycles. The number of nitrogens with zero attached hydrogens (tertiary/aromatic N) is 1. The Morgan fingerprint density at radius 3 is 2.39 bits per heavy atom. The highest BCUT2D eigenvalue weighted by Crippen LogP contribution is 2.16. The summed E-state index contributed by atoms with van der Waals surface area (Å²) in [4.78, 5) is 52.1. The topological polar surface area (TPSA) is 224 Å². The molecule has 0 spiro atoms. The van der Waals surface area contributed by atoms with E-state index in [2.05, 4.69) is 20.9 Å². The van der Waals surface area contributed by atoms with E-state index in [0.717, 1.165) is 0 Å². The van der Waals surface area contributed by atoms with Gasteiger partial charge < -0.3 is 43.0 Å². The number of benzene rings is 2. The van der Waals surface area contributed by atoms with E-state index in [0.29, 0.717) is 36.7 Å². The highest BCUT2D eigenvalue weighted by Gasteiger charge is 2.23. The van der Waals surface area contributed by atoms with Crippen molar-refractivity contribution >= 4 is 41.0 Å². The van der Waals surface area contributed by atoms with Crippen LogP contribution in [0.15, 0.2) is 53.5 Å². The SMILES string of the molecule is NCCCOc1ccc(NC(=O)C[C@H](NC(=O)CNC(=O)c2cccc(N=C(N)N)c2)C(=O)O)cc1. The number of nitrogens with one attached hydrogen (secondary N) is 3. The molecule has 13 heteroatoms. The van der Waals surface area contributed by atoms with Crippen molar-refractivity contribution in [1.82, 2.24) is 10.6 Å². The summed E-state index contributed by atoms with van der Waals surface area (Å²) in [5, 5.41) is 16.5. The van der Waals surface area contributed by atoms with E-state index < -0.39 is 42.7 Å². The van der Waals surface area contributed by atoms with Gasteiger partial charge in [-0.3, -0.25) is 14.4 Å². The van der Waals surface area contributed by atoms with Crippen molar-refractivity contribution in [1.29, 1.82) is 0 Å². The third-order valence-corrected chi connectivity index (χ3v) is 4.55. The maximum absolute atomic E-state index is 12.3. The Morgan fingerprint density at radius 2 is 1.75 bits per heavy atom. The summed E-state index contributed by atoms with van der Waals surface area (Å²) in [5.74, 6) is -3.00. The molecule has 2 rings (SSSR count). The van der Waals surface area contributed by atoms with Crippen LogP contribution in [0, 0.1) is 0 Å². The van der Waals surface area contributed by atoms with Crippen LogP contribution in [0.4, 0.5) is 11.4 Å². The number of carboxylic acid groups (broad SMARTS) is 1. The van der Waals surface area contributed by atoms with Crippen LogP contribution < -0.4 is 37.9 Å². The lowest BCUT2D eigenvalue weighted by Crippen LogP contribution is -2.47. The highest BCUT2D eigenvalue weighted by atomic mass is 16.5. The number of anilines is 1. The molecule has 13 nitrogen and oxygen atoms in total. The lowest BCUT2D eigenvalue weighted by atomic mass is 10.2. The summed E-state index contributed by atoms with van der Waals surface area (Å²) in [5.41, 5.74) is 17.0. The van der Waals surface area contributed by atoms with E-state index in [9.17, 15) is 24.3 Å². The first-order chi connectivity index (χ1) is 17.2. The van der Waals surface area contributed by atoms with Gasteiger partial charge in [-0.1, -0.05) is 6.07 Å². The van der Waals surface area contributed by atoms with Gasteiger partial charge in [0.15, 0.2) is 5.96 Å². The molecular weight excluding hydrogens is 470 g/mol. The van der Waals surface area contributed by atoms with Gasteiger partial charge in [0.05, 0.1) is 25.3 Å². The minimum Gasteiger partial charge on any atom is -0.494 e. The number of amides is 3. The number of carbonyl (C=O) groups excluding carboxylic acids is 3. The van der Waals surface area contributed by atoms with E-state index in [4.69, 9.17) is 21.9 Å². The number of nitrogens with two attached hydrogens (primary N) is 3. The fourth-order valence-electron chi connectivity index (χ4n) is 2.88. The normalized spacial score (nSPS) is 11.0. The summed E-state index contributed by atoms with van der Waals surface area (Å²) in [7, 11) is 0. The Hall–Kier alpha value is -4.65. The summed E-state index contributed by atoms with van der Waals surface area (Å²) in [6, 6.07) is 11.0. The molecule has 2 aromatic carbocycles. The predicted molar refractivity (Wildman–Crippen MR) is 133 cm³/mol. The quantitative estimate of drug-likeness (QED) is 0.108. The first-order valence-corrected chi connectivity index (χ1v) is 10.9. The number of carbonyl (C=O) groups is 4. The van der Waals surface area contributed by atoms with E-state index >= 15 is 0 Å². The van der Waals surface area contributed by atoms with Gasteiger partial charge in [-0.2, -0.15) is 0 Å². The van der Waals surface area contributed by atoms with Crippen molar-refractivity contribution in [3.8, 4) is 5.75 Å². The Balaban J connectivity index is 1.85. The molecule has 2 aromatic rings. The van der Waals surface area contributed by atoms with Gasteiger partial charge >= 0.3 is 5.97 Å². The van der Waals surface area contributed by atoms with Gasteiger partial charge in [0.2, 0.25) is 11.8 Å². The van der Waals surface area contributed by atoms with Crippen LogP contribution in [0.2, 0.25) is 0 Å². The van der Waals surface area contributed by atoms with Gasteiger partial charge in [-0.05, 0) is 55.4 Å². The molecule has 0 aliphatic rings. The van der Waals surface area contributed by atoms with Crippen LogP contribution in [0.1, 0.15) is 23.2 Å². The molecule has 0 aromatic heterocycles. The third kappa shape index (κ3) is 9.69. The smallest absolute Gasteiger partial charge is 0.326 e. The van der Waals surface area contributed by atoms with E-state index in [1.54, 1.807) is 36.4 Å². The van der Waals surface area contributed by atoms with Gasteiger partial charge in [0, 0.05) is 11.3 Å². The minimum absolute atomic E-state index is 0.181. The molecule has 0 aliphatic carbocycles. The van der Waals surface area contributed by atoms with Crippen LogP contribution in [-0.2, 0) is 14.4 Å². The molecular formula is C23H29N7O6. The van der Waals surface area contributed by atoms with Gasteiger partial charge in [0.1, 0.15) is 11.8 Å². The van der Waals surface area contributed by atoms with Crippen LogP contribution in [-0.4, -0.2) is 60.5 Å².